The molecular formula is C21H23F3N2O6S. The number of alkyl halides is 3. The van der Waals surface area contributed by atoms with Gasteiger partial charge < -0.3 is 19.1 Å². The second-order valence-corrected chi connectivity index (χ2v) is 9.11. The molecule has 0 atom stereocenters. The number of ether oxygens (including phenoxy) is 3. The lowest BCUT2D eigenvalue weighted by molar-refractivity contribution is -0.274. The lowest BCUT2D eigenvalue weighted by Crippen LogP contribution is -2.50. The van der Waals surface area contributed by atoms with Crippen LogP contribution in [-0.4, -0.2) is 70.3 Å². The molecule has 1 saturated heterocycles. The van der Waals surface area contributed by atoms with Gasteiger partial charge in [0.1, 0.15) is 5.75 Å². The van der Waals surface area contributed by atoms with Gasteiger partial charge >= 0.3 is 6.36 Å². The maximum absolute atomic E-state index is 13.0. The lowest BCUT2D eigenvalue weighted by Gasteiger charge is -2.34. The average Bonchev–Trinajstić information content (AvgIpc) is 2.79. The van der Waals surface area contributed by atoms with Crippen LogP contribution in [0, 0.1) is 0 Å². The van der Waals surface area contributed by atoms with Crippen molar-refractivity contribution in [1.82, 2.24) is 9.21 Å². The first-order valence-electron chi connectivity index (χ1n) is 9.88. The van der Waals surface area contributed by atoms with Gasteiger partial charge in [0.05, 0.1) is 25.5 Å². The molecule has 0 spiro atoms. The number of carbonyl (C=O) groups is 1. The minimum atomic E-state index is -4.78. The number of carbonyl (C=O) groups excluding carboxylic acids is 1. The average molecular weight is 488 g/mol. The van der Waals surface area contributed by atoms with Crippen LogP contribution in [0.3, 0.4) is 0 Å². The molecule has 0 bridgehead atoms. The van der Waals surface area contributed by atoms with Crippen molar-refractivity contribution in [2.24, 2.45) is 0 Å². The molecule has 1 fully saturated rings. The van der Waals surface area contributed by atoms with Gasteiger partial charge in [-0.15, -0.1) is 13.2 Å². The molecule has 2 aromatic carbocycles. The van der Waals surface area contributed by atoms with Crippen LogP contribution in [0.2, 0.25) is 0 Å². The fourth-order valence-electron chi connectivity index (χ4n) is 3.40. The number of nitrogens with zero attached hydrogens (tertiary/aromatic N) is 2. The van der Waals surface area contributed by atoms with Crippen LogP contribution in [0.25, 0.3) is 0 Å². The highest BCUT2D eigenvalue weighted by Crippen LogP contribution is 2.31. The summed E-state index contributed by atoms with van der Waals surface area (Å²) in [6.07, 6.45) is -4.80. The minimum absolute atomic E-state index is 0.0191. The number of hydrogen-bond acceptors (Lipinski definition) is 6. The van der Waals surface area contributed by atoms with Crippen molar-refractivity contribution in [1.29, 1.82) is 0 Å². The molecule has 0 radical (unpaired) electrons. The largest absolute Gasteiger partial charge is 0.573 e. The Hall–Kier alpha value is -2.99. The smallest absolute Gasteiger partial charge is 0.493 e. The third-order valence-electron chi connectivity index (χ3n) is 5.10. The Labute approximate surface area is 189 Å². The Balaban J connectivity index is 1.59. The van der Waals surface area contributed by atoms with E-state index in [4.69, 9.17) is 9.47 Å². The summed E-state index contributed by atoms with van der Waals surface area (Å²) in [6, 6.07) is 9.38. The number of rotatable bonds is 7. The number of sulfonamides is 1. The van der Waals surface area contributed by atoms with E-state index >= 15 is 0 Å². The minimum Gasteiger partial charge on any atom is -0.493 e. The van der Waals surface area contributed by atoms with E-state index < -0.39 is 16.4 Å². The maximum atomic E-state index is 13.0. The highest BCUT2D eigenvalue weighted by Gasteiger charge is 2.32. The first-order chi connectivity index (χ1) is 15.5. The van der Waals surface area contributed by atoms with Crippen LogP contribution in [-0.2, 0) is 21.2 Å². The van der Waals surface area contributed by atoms with Crippen molar-refractivity contribution in [2.45, 2.75) is 17.7 Å². The van der Waals surface area contributed by atoms with E-state index in [0.717, 1.165) is 12.1 Å². The topological polar surface area (TPSA) is 85.4 Å². The van der Waals surface area contributed by atoms with E-state index in [1.807, 2.05) is 0 Å². The zero-order valence-electron chi connectivity index (χ0n) is 18.0. The molecule has 180 valence electrons. The zero-order chi connectivity index (χ0) is 24.2. The van der Waals surface area contributed by atoms with Gasteiger partial charge in [-0.1, -0.05) is 12.1 Å². The van der Waals surface area contributed by atoms with Crippen molar-refractivity contribution in [3.8, 4) is 17.2 Å². The normalized spacial score (nSPS) is 15.2. The van der Waals surface area contributed by atoms with Crippen LogP contribution in [0.4, 0.5) is 13.2 Å². The van der Waals surface area contributed by atoms with Crippen molar-refractivity contribution in [3.63, 3.8) is 0 Å². The third-order valence-corrected chi connectivity index (χ3v) is 6.99. The molecule has 0 N–H and O–H groups in total. The Morgan fingerprint density at radius 1 is 0.939 bits per heavy atom. The molecule has 1 amide bonds. The molecule has 33 heavy (non-hydrogen) atoms. The van der Waals surface area contributed by atoms with E-state index in [9.17, 15) is 26.4 Å². The highest BCUT2D eigenvalue weighted by molar-refractivity contribution is 7.89. The summed E-state index contributed by atoms with van der Waals surface area (Å²) in [4.78, 5) is 14.2. The van der Waals surface area contributed by atoms with Crippen LogP contribution >= 0.6 is 0 Å². The van der Waals surface area contributed by atoms with Crippen molar-refractivity contribution in [3.05, 3.63) is 48.0 Å². The Bertz CT molecular complexity index is 1080. The molecule has 12 heteroatoms. The summed E-state index contributed by atoms with van der Waals surface area (Å²) in [5, 5.41) is 0. The maximum Gasteiger partial charge on any atom is 0.573 e. The van der Waals surface area contributed by atoms with E-state index in [-0.39, 0.29) is 49.2 Å². The van der Waals surface area contributed by atoms with Gasteiger partial charge in [0.25, 0.3) is 0 Å². The van der Waals surface area contributed by atoms with Gasteiger partial charge in [-0.2, -0.15) is 4.31 Å². The molecular weight excluding hydrogens is 465 g/mol. The fraction of sp³-hybridized carbons (Fsp3) is 0.381. The van der Waals surface area contributed by atoms with Crippen LogP contribution in [0.15, 0.2) is 47.4 Å². The Morgan fingerprint density at radius 3 is 2.09 bits per heavy atom. The number of amides is 1. The summed E-state index contributed by atoms with van der Waals surface area (Å²) in [7, 11) is -0.930. The van der Waals surface area contributed by atoms with Crippen LogP contribution in [0.5, 0.6) is 17.2 Å². The van der Waals surface area contributed by atoms with Gasteiger partial charge in [-0.05, 0) is 29.8 Å². The molecule has 0 aromatic heterocycles. The predicted molar refractivity (Wildman–Crippen MR) is 112 cm³/mol. The van der Waals surface area contributed by atoms with E-state index in [1.54, 1.807) is 0 Å². The molecule has 1 aliphatic heterocycles. The zero-order valence-corrected chi connectivity index (χ0v) is 18.8. The van der Waals surface area contributed by atoms with Gasteiger partial charge in [0.15, 0.2) is 11.5 Å². The summed E-state index contributed by atoms with van der Waals surface area (Å²) in [6.45, 7) is 0.614. The van der Waals surface area contributed by atoms with Gasteiger partial charge in [0.2, 0.25) is 15.9 Å². The standard InChI is InChI=1S/C21H23F3N2O6S/c1-30-18-8-7-17(14-19(18)31-2)33(28,29)26-11-9-25(10-12-26)20(27)13-15-3-5-16(6-4-15)32-21(22,23)24/h3-8,14H,9-13H2,1-2H3. The summed E-state index contributed by atoms with van der Waals surface area (Å²) in [5.74, 6) is 0.0826. The van der Waals surface area contributed by atoms with E-state index in [1.165, 1.54) is 53.8 Å². The highest BCUT2D eigenvalue weighted by atomic mass is 32.2. The van der Waals surface area contributed by atoms with E-state index in [0.29, 0.717) is 17.1 Å². The van der Waals surface area contributed by atoms with Gasteiger partial charge in [0, 0.05) is 32.2 Å². The van der Waals surface area contributed by atoms with Crippen LogP contribution in [0.1, 0.15) is 5.56 Å². The first-order valence-corrected chi connectivity index (χ1v) is 11.3. The molecule has 1 heterocycles. The Kier molecular flexibility index (Phi) is 7.38. The number of hydrogen-bond donors (Lipinski definition) is 0. The number of piperazine rings is 1. The molecule has 8 nitrogen and oxygen atoms in total. The van der Waals surface area contributed by atoms with Crippen LogP contribution < -0.4 is 14.2 Å². The molecule has 2 aromatic rings. The molecule has 0 unspecified atom stereocenters. The van der Waals surface area contributed by atoms with Crippen molar-refractivity contribution >= 4 is 15.9 Å². The SMILES string of the molecule is COc1ccc(S(=O)(=O)N2CCN(C(=O)Cc3ccc(OC(F)(F)F)cc3)CC2)cc1OC. The molecule has 0 saturated carbocycles. The number of halogens is 3. The molecule has 3 rings (SSSR count). The van der Waals surface area contributed by atoms with Crippen molar-refractivity contribution < 1.29 is 40.6 Å². The molecule has 0 aliphatic carbocycles. The monoisotopic (exact) mass is 488 g/mol. The van der Waals surface area contributed by atoms with Gasteiger partial charge in [-0.25, -0.2) is 8.42 Å². The number of benzene rings is 2. The van der Waals surface area contributed by atoms with Crippen molar-refractivity contribution in [2.75, 3.05) is 40.4 Å². The quantitative estimate of drug-likeness (QED) is 0.596. The summed E-state index contributed by atoms with van der Waals surface area (Å²) < 4.78 is 78.1. The Morgan fingerprint density at radius 2 is 1.55 bits per heavy atom. The van der Waals surface area contributed by atoms with E-state index in [2.05, 4.69) is 4.74 Å². The third kappa shape index (κ3) is 6.08. The van der Waals surface area contributed by atoms with Gasteiger partial charge in [-0.3, -0.25) is 4.79 Å². The second-order valence-electron chi connectivity index (χ2n) is 7.17. The molecule has 1 aliphatic rings. The predicted octanol–water partition coefficient (Wildman–Crippen LogP) is 2.68. The summed E-state index contributed by atoms with van der Waals surface area (Å²) in [5.41, 5.74) is 0.523. The fourth-order valence-corrected chi connectivity index (χ4v) is 4.84. The number of methoxy groups -OCH3 is 2. The first kappa shape index (κ1) is 24.6. The second kappa shape index (κ2) is 9.87. The lowest BCUT2D eigenvalue weighted by atomic mass is 10.1. The summed E-state index contributed by atoms with van der Waals surface area (Å²) >= 11 is 0.